The Labute approximate surface area is 185 Å². The molecule has 0 spiro atoms. The summed E-state index contributed by atoms with van der Waals surface area (Å²) in [6.07, 6.45) is 6.86. The first-order valence-electron chi connectivity index (χ1n) is 10.2. The number of oxazole rings is 1. The molecule has 0 atom stereocenters. The molecule has 2 aromatic carbocycles. The van der Waals surface area contributed by atoms with Gasteiger partial charge in [-0.15, -0.1) is 0 Å². The maximum absolute atomic E-state index is 12.2. The molecule has 4 rings (SSSR count). The van der Waals surface area contributed by atoms with Crippen LogP contribution < -0.4 is 5.32 Å². The smallest absolute Gasteiger partial charge is 0.220 e. The van der Waals surface area contributed by atoms with Crippen LogP contribution in [-0.4, -0.2) is 27.0 Å². The Balaban J connectivity index is 1.22. The highest BCUT2D eigenvalue weighted by atomic mass is 35.5. The predicted octanol–water partition coefficient (Wildman–Crippen LogP) is 4.53. The minimum absolute atomic E-state index is 0.0348. The number of benzene rings is 2. The number of carbonyl (C=O) groups excluding carboxylic acids is 1. The zero-order valence-electron chi connectivity index (χ0n) is 17.0. The second-order valence-electron chi connectivity index (χ2n) is 7.18. The lowest BCUT2D eigenvalue weighted by atomic mass is 10.2. The SMILES string of the molecule is O=C(CCc1ncc(-c2ccc(Cl)cc2)o1)NCCc1nccn1Cc1ccccc1. The second-order valence-corrected chi connectivity index (χ2v) is 7.62. The minimum atomic E-state index is -0.0348. The number of hydrogen-bond acceptors (Lipinski definition) is 4. The Morgan fingerprint density at radius 3 is 2.65 bits per heavy atom. The molecule has 0 aliphatic carbocycles. The predicted molar refractivity (Wildman–Crippen MR) is 120 cm³/mol. The fraction of sp³-hybridized carbons (Fsp3) is 0.208. The number of aromatic nitrogens is 3. The largest absolute Gasteiger partial charge is 0.441 e. The lowest BCUT2D eigenvalue weighted by molar-refractivity contribution is -0.121. The molecule has 1 amide bonds. The van der Waals surface area contributed by atoms with Crippen LogP contribution in [0.1, 0.15) is 23.7 Å². The van der Waals surface area contributed by atoms with Gasteiger partial charge in [0.25, 0.3) is 0 Å². The topological polar surface area (TPSA) is 73.0 Å². The van der Waals surface area contributed by atoms with E-state index >= 15 is 0 Å². The van der Waals surface area contributed by atoms with Crippen LogP contribution in [0.4, 0.5) is 0 Å². The number of hydrogen-bond donors (Lipinski definition) is 1. The van der Waals surface area contributed by atoms with E-state index in [1.54, 1.807) is 24.5 Å². The molecule has 1 N–H and O–H groups in total. The lowest BCUT2D eigenvalue weighted by Gasteiger charge is -2.09. The normalized spacial score (nSPS) is 10.9. The number of nitrogens with one attached hydrogen (secondary N) is 1. The Morgan fingerprint density at radius 2 is 1.84 bits per heavy atom. The van der Waals surface area contributed by atoms with Gasteiger partial charge in [0, 0.05) is 55.3 Å². The van der Waals surface area contributed by atoms with Crippen molar-refractivity contribution in [1.29, 1.82) is 0 Å². The highest BCUT2D eigenvalue weighted by Gasteiger charge is 2.10. The Morgan fingerprint density at radius 1 is 1.03 bits per heavy atom. The number of rotatable bonds is 9. The number of aryl methyl sites for hydroxylation is 1. The Bertz CT molecular complexity index is 1120. The van der Waals surface area contributed by atoms with E-state index in [9.17, 15) is 4.79 Å². The molecule has 2 heterocycles. The first-order valence-corrected chi connectivity index (χ1v) is 10.6. The van der Waals surface area contributed by atoms with Crippen LogP contribution in [0.25, 0.3) is 11.3 Å². The fourth-order valence-corrected chi connectivity index (χ4v) is 3.41. The van der Waals surface area contributed by atoms with Gasteiger partial charge < -0.3 is 14.3 Å². The summed E-state index contributed by atoms with van der Waals surface area (Å²) in [7, 11) is 0. The van der Waals surface area contributed by atoms with Crippen molar-refractivity contribution < 1.29 is 9.21 Å². The molecular weight excluding hydrogens is 412 g/mol. The van der Waals surface area contributed by atoms with E-state index in [4.69, 9.17) is 16.0 Å². The van der Waals surface area contributed by atoms with Crippen LogP contribution in [0, 0.1) is 0 Å². The van der Waals surface area contributed by atoms with Crippen LogP contribution in [0.15, 0.2) is 77.6 Å². The van der Waals surface area contributed by atoms with Gasteiger partial charge in [-0.2, -0.15) is 0 Å². The van der Waals surface area contributed by atoms with E-state index in [1.165, 1.54) is 5.56 Å². The van der Waals surface area contributed by atoms with Gasteiger partial charge in [-0.3, -0.25) is 4.79 Å². The van der Waals surface area contributed by atoms with Gasteiger partial charge in [0.1, 0.15) is 5.82 Å². The van der Waals surface area contributed by atoms with E-state index in [-0.39, 0.29) is 5.91 Å². The van der Waals surface area contributed by atoms with Crippen LogP contribution in [0.3, 0.4) is 0 Å². The maximum Gasteiger partial charge on any atom is 0.220 e. The second kappa shape index (κ2) is 10.1. The van der Waals surface area contributed by atoms with Crippen molar-refractivity contribution in [3.8, 4) is 11.3 Å². The molecule has 0 unspecified atom stereocenters. The first kappa shape index (κ1) is 20.9. The number of imidazole rings is 1. The van der Waals surface area contributed by atoms with Gasteiger partial charge in [-0.05, 0) is 29.8 Å². The number of amides is 1. The summed E-state index contributed by atoms with van der Waals surface area (Å²) < 4.78 is 7.85. The quantitative estimate of drug-likeness (QED) is 0.420. The molecule has 0 aliphatic heterocycles. The molecule has 6 nitrogen and oxygen atoms in total. The Hall–Kier alpha value is -3.38. The maximum atomic E-state index is 12.2. The van der Waals surface area contributed by atoms with Crippen molar-refractivity contribution in [2.45, 2.75) is 25.8 Å². The van der Waals surface area contributed by atoms with E-state index in [0.29, 0.717) is 42.5 Å². The van der Waals surface area contributed by atoms with Gasteiger partial charge in [0.2, 0.25) is 5.91 Å². The van der Waals surface area contributed by atoms with Gasteiger partial charge in [-0.25, -0.2) is 9.97 Å². The molecule has 31 heavy (non-hydrogen) atoms. The van der Waals surface area contributed by atoms with Crippen molar-refractivity contribution >= 4 is 17.5 Å². The average Bonchev–Trinajstić information content (AvgIpc) is 3.43. The van der Waals surface area contributed by atoms with Crippen LogP contribution in [0.2, 0.25) is 5.02 Å². The van der Waals surface area contributed by atoms with Gasteiger partial charge in [0.15, 0.2) is 11.7 Å². The summed E-state index contributed by atoms with van der Waals surface area (Å²) in [5.41, 5.74) is 2.12. The summed E-state index contributed by atoms with van der Waals surface area (Å²) in [6.45, 7) is 1.30. The minimum Gasteiger partial charge on any atom is -0.441 e. The van der Waals surface area contributed by atoms with Crippen molar-refractivity contribution in [3.63, 3.8) is 0 Å². The van der Waals surface area contributed by atoms with E-state index in [2.05, 4.69) is 32.0 Å². The molecule has 0 saturated carbocycles. The number of nitrogens with zero attached hydrogens (tertiary/aromatic N) is 3. The fourth-order valence-electron chi connectivity index (χ4n) is 3.29. The lowest BCUT2D eigenvalue weighted by Crippen LogP contribution is -2.26. The summed E-state index contributed by atoms with van der Waals surface area (Å²) >= 11 is 5.91. The third kappa shape index (κ3) is 5.83. The summed E-state index contributed by atoms with van der Waals surface area (Å²) in [6, 6.07) is 17.6. The summed E-state index contributed by atoms with van der Waals surface area (Å²) in [5, 5.41) is 3.62. The van der Waals surface area contributed by atoms with Crippen molar-refractivity contribution in [3.05, 3.63) is 95.5 Å². The Kier molecular flexibility index (Phi) is 6.79. The zero-order valence-corrected chi connectivity index (χ0v) is 17.8. The van der Waals surface area contributed by atoms with Crippen molar-refractivity contribution in [1.82, 2.24) is 19.9 Å². The summed E-state index contributed by atoms with van der Waals surface area (Å²) in [5.74, 6) is 2.12. The molecule has 0 aliphatic rings. The van der Waals surface area contributed by atoms with Crippen LogP contribution >= 0.6 is 11.6 Å². The monoisotopic (exact) mass is 434 g/mol. The standard InChI is InChI=1S/C24H23ClN4O2/c25-20-8-6-19(7-9-20)21-16-28-24(31-21)11-10-23(30)27-13-12-22-26-14-15-29(22)17-18-4-2-1-3-5-18/h1-9,14-16H,10-13,17H2,(H,27,30). The molecule has 2 aromatic heterocycles. The van der Waals surface area contributed by atoms with E-state index < -0.39 is 0 Å². The number of halogens is 1. The molecule has 4 aromatic rings. The van der Waals surface area contributed by atoms with Crippen molar-refractivity contribution in [2.75, 3.05) is 6.54 Å². The molecule has 0 radical (unpaired) electrons. The highest BCUT2D eigenvalue weighted by Crippen LogP contribution is 2.22. The molecule has 0 fully saturated rings. The van der Waals surface area contributed by atoms with Crippen molar-refractivity contribution in [2.24, 2.45) is 0 Å². The third-order valence-corrected chi connectivity index (χ3v) is 5.17. The van der Waals surface area contributed by atoms with Gasteiger partial charge in [0.05, 0.1) is 6.20 Å². The van der Waals surface area contributed by atoms with E-state index in [0.717, 1.165) is 17.9 Å². The van der Waals surface area contributed by atoms with Gasteiger partial charge in [-0.1, -0.05) is 41.9 Å². The molecule has 7 heteroatoms. The molecule has 0 saturated heterocycles. The molecular formula is C24H23ClN4O2. The summed E-state index contributed by atoms with van der Waals surface area (Å²) in [4.78, 5) is 20.9. The van der Waals surface area contributed by atoms with Crippen LogP contribution in [0.5, 0.6) is 0 Å². The third-order valence-electron chi connectivity index (χ3n) is 4.92. The zero-order chi connectivity index (χ0) is 21.5. The highest BCUT2D eigenvalue weighted by molar-refractivity contribution is 6.30. The number of carbonyl (C=O) groups is 1. The molecule has 0 bridgehead atoms. The molecule has 158 valence electrons. The van der Waals surface area contributed by atoms with Crippen LogP contribution in [-0.2, 0) is 24.2 Å². The van der Waals surface area contributed by atoms with Gasteiger partial charge >= 0.3 is 0 Å². The first-order chi connectivity index (χ1) is 15.2. The average molecular weight is 435 g/mol. The van der Waals surface area contributed by atoms with E-state index in [1.807, 2.05) is 36.5 Å².